The minimum Gasteiger partial charge on any atom is -0.350 e. The molecule has 4 aromatic rings. The number of amides is 2. The van der Waals surface area contributed by atoms with Crippen LogP contribution in [-0.4, -0.2) is 59.1 Å². The van der Waals surface area contributed by atoms with Crippen LogP contribution in [0.25, 0.3) is 22.0 Å². The maximum absolute atomic E-state index is 13.2. The van der Waals surface area contributed by atoms with Crippen LogP contribution in [0.5, 0.6) is 0 Å². The largest absolute Gasteiger partial charge is 0.522 e. The summed E-state index contributed by atoms with van der Waals surface area (Å²) < 4.78 is 55.2. The van der Waals surface area contributed by atoms with Gasteiger partial charge < -0.3 is 10.2 Å². The fourth-order valence-electron chi connectivity index (χ4n) is 5.26. The number of aryl methyl sites for hydroxylation is 1. The number of likely N-dealkylation sites (tertiary alicyclic amines) is 1. The summed E-state index contributed by atoms with van der Waals surface area (Å²) in [4.78, 5) is 27.5. The minimum atomic E-state index is -4.74. The zero-order valence-corrected chi connectivity index (χ0v) is 23.0. The molecule has 0 aliphatic carbocycles. The molecule has 1 saturated heterocycles. The third-order valence-electron chi connectivity index (χ3n) is 7.56. The molecule has 5 rings (SSSR count). The Bertz CT molecular complexity index is 1560. The van der Waals surface area contributed by atoms with Gasteiger partial charge in [-0.1, -0.05) is 24.3 Å². The van der Waals surface area contributed by atoms with Gasteiger partial charge in [-0.25, -0.2) is 4.39 Å². The highest BCUT2D eigenvalue weighted by molar-refractivity contribution is 6.00. The summed E-state index contributed by atoms with van der Waals surface area (Å²) in [6.07, 6.45) is -1.21. The molecule has 220 valence electrons. The van der Waals surface area contributed by atoms with Gasteiger partial charge in [0, 0.05) is 48.9 Å². The molecule has 0 atom stereocenters. The van der Waals surface area contributed by atoms with E-state index in [4.69, 9.17) is 0 Å². The van der Waals surface area contributed by atoms with Crippen molar-refractivity contribution in [2.24, 2.45) is 5.92 Å². The predicted octanol–water partition coefficient (Wildman–Crippen LogP) is 5.97. The second-order valence-corrected chi connectivity index (χ2v) is 10.4. The fourth-order valence-corrected chi connectivity index (χ4v) is 5.26. The predicted molar refractivity (Wildman–Crippen MR) is 149 cm³/mol. The highest BCUT2D eigenvalue weighted by Gasteiger charge is 2.29. The van der Waals surface area contributed by atoms with Crippen LogP contribution in [0.1, 0.15) is 39.1 Å². The first-order chi connectivity index (χ1) is 20.1. The highest BCUT2D eigenvalue weighted by atomic mass is 19.4. The van der Waals surface area contributed by atoms with E-state index in [1.807, 2.05) is 27.9 Å². The number of carbonyl (C=O) groups excluding carboxylic acids is 2. The lowest BCUT2D eigenvalue weighted by atomic mass is 9.96. The van der Waals surface area contributed by atoms with Crippen molar-refractivity contribution in [3.63, 3.8) is 0 Å². The summed E-state index contributed by atoms with van der Waals surface area (Å²) >= 11 is 0. The van der Waals surface area contributed by atoms with Crippen LogP contribution in [0.15, 0.2) is 66.9 Å². The van der Waals surface area contributed by atoms with Crippen LogP contribution in [0.2, 0.25) is 0 Å². The molecule has 0 spiro atoms. The summed E-state index contributed by atoms with van der Waals surface area (Å²) in [5, 5.41) is 7.90. The number of hydrogen-bond donors (Lipinski definition) is 1. The molecule has 42 heavy (non-hydrogen) atoms. The number of benzene rings is 3. The summed E-state index contributed by atoms with van der Waals surface area (Å²) in [6, 6.07) is 16.9. The van der Waals surface area contributed by atoms with Gasteiger partial charge in [-0.3, -0.25) is 19.0 Å². The van der Waals surface area contributed by atoms with E-state index in [9.17, 15) is 27.2 Å². The summed E-state index contributed by atoms with van der Waals surface area (Å²) in [6.45, 7) is 2.78. The van der Waals surface area contributed by atoms with Crippen LogP contribution < -0.4 is 5.32 Å². The molecular formula is C31H30F4N4O3. The Morgan fingerprint density at radius 2 is 1.62 bits per heavy atom. The van der Waals surface area contributed by atoms with Crippen molar-refractivity contribution < 1.29 is 31.9 Å². The summed E-state index contributed by atoms with van der Waals surface area (Å²) in [5.41, 5.74) is 4.19. The zero-order valence-electron chi connectivity index (χ0n) is 23.0. The van der Waals surface area contributed by atoms with Crippen LogP contribution in [-0.2, 0) is 11.3 Å². The van der Waals surface area contributed by atoms with Crippen molar-refractivity contribution in [3.05, 3.63) is 89.4 Å². The molecule has 1 aromatic heterocycles. The normalized spacial score (nSPS) is 14.4. The average Bonchev–Trinajstić information content (AvgIpc) is 3.39. The van der Waals surface area contributed by atoms with E-state index < -0.39 is 18.9 Å². The first-order valence-corrected chi connectivity index (χ1v) is 13.7. The number of fused-ring (bicyclic) bond motifs is 1. The molecule has 0 saturated carbocycles. The molecular weight excluding hydrogens is 552 g/mol. The Morgan fingerprint density at radius 3 is 2.26 bits per heavy atom. The number of rotatable bonds is 8. The number of aromatic nitrogens is 2. The molecule has 0 bridgehead atoms. The number of nitrogens with one attached hydrogen (secondary N) is 1. The van der Waals surface area contributed by atoms with Crippen LogP contribution in [0.4, 0.5) is 17.6 Å². The fraction of sp³-hybridized carbons (Fsp3) is 0.323. The Morgan fingerprint density at radius 1 is 0.976 bits per heavy atom. The van der Waals surface area contributed by atoms with Crippen molar-refractivity contribution >= 4 is 22.7 Å². The number of nitrogens with zero attached hydrogens (tertiary/aromatic N) is 3. The van der Waals surface area contributed by atoms with Gasteiger partial charge in [-0.2, -0.15) is 5.10 Å². The molecule has 7 nitrogen and oxygen atoms in total. The zero-order chi connectivity index (χ0) is 29.9. The van der Waals surface area contributed by atoms with Gasteiger partial charge in [0.1, 0.15) is 5.82 Å². The molecule has 1 aliphatic rings. The molecule has 1 N–H and O–H groups in total. The standard InChI is InChI=1S/C31H30F4N4O3/c1-20-26(29(40)36-14-17-42-31(33,34)35)10-11-28-27(20)19-39(37-28)18-21-12-15-38(16-13-21)30(41)24-4-2-22(3-5-24)23-6-8-25(32)9-7-23/h2-11,19,21H,12-18H2,1H3,(H,36,40). The third kappa shape index (κ3) is 6.96. The van der Waals surface area contributed by atoms with Crippen molar-refractivity contribution in [2.75, 3.05) is 26.2 Å². The van der Waals surface area contributed by atoms with Gasteiger partial charge >= 0.3 is 6.36 Å². The molecule has 2 heterocycles. The lowest BCUT2D eigenvalue weighted by Gasteiger charge is -2.32. The number of carbonyl (C=O) groups is 2. The SMILES string of the molecule is Cc1c(C(=O)NCCOC(F)(F)F)ccc2nn(CC3CCN(C(=O)c4ccc(-c5ccc(F)cc5)cc4)CC3)cc12. The van der Waals surface area contributed by atoms with Crippen molar-refractivity contribution in [2.45, 2.75) is 32.7 Å². The molecule has 11 heteroatoms. The number of piperidine rings is 1. The highest BCUT2D eigenvalue weighted by Crippen LogP contribution is 2.26. The summed E-state index contributed by atoms with van der Waals surface area (Å²) in [7, 11) is 0. The Kier molecular flexibility index (Phi) is 8.58. The second kappa shape index (κ2) is 12.3. The molecule has 1 aliphatic heterocycles. The van der Waals surface area contributed by atoms with Gasteiger partial charge in [-0.05, 0) is 78.8 Å². The van der Waals surface area contributed by atoms with E-state index in [0.29, 0.717) is 42.2 Å². The van der Waals surface area contributed by atoms with Gasteiger partial charge in [-0.15, -0.1) is 13.2 Å². The van der Waals surface area contributed by atoms with Crippen molar-refractivity contribution in [1.82, 2.24) is 20.0 Å². The lowest BCUT2D eigenvalue weighted by Crippen LogP contribution is -2.39. The van der Waals surface area contributed by atoms with E-state index in [1.165, 1.54) is 12.1 Å². The Hall–Kier alpha value is -4.25. The van der Waals surface area contributed by atoms with E-state index in [-0.39, 0.29) is 18.3 Å². The molecule has 0 radical (unpaired) electrons. The van der Waals surface area contributed by atoms with Crippen LogP contribution in [0.3, 0.4) is 0 Å². The summed E-state index contributed by atoms with van der Waals surface area (Å²) in [5.74, 6) is -0.468. The Balaban J connectivity index is 1.15. The smallest absolute Gasteiger partial charge is 0.350 e. The van der Waals surface area contributed by atoms with Crippen LogP contribution in [0, 0.1) is 18.7 Å². The maximum Gasteiger partial charge on any atom is 0.522 e. The first-order valence-electron chi connectivity index (χ1n) is 13.7. The number of alkyl halides is 3. The number of ether oxygens (including phenoxy) is 1. The lowest BCUT2D eigenvalue weighted by molar-refractivity contribution is -0.323. The van der Waals surface area contributed by atoms with E-state index in [1.54, 1.807) is 43.3 Å². The second-order valence-electron chi connectivity index (χ2n) is 10.4. The number of hydrogen-bond acceptors (Lipinski definition) is 4. The molecule has 0 unspecified atom stereocenters. The van der Waals surface area contributed by atoms with E-state index in [2.05, 4.69) is 15.2 Å². The Labute approximate surface area is 240 Å². The van der Waals surface area contributed by atoms with Crippen LogP contribution >= 0.6 is 0 Å². The minimum absolute atomic E-state index is 0.0182. The van der Waals surface area contributed by atoms with Gasteiger partial charge in [0.2, 0.25) is 0 Å². The van der Waals surface area contributed by atoms with E-state index in [0.717, 1.165) is 34.9 Å². The van der Waals surface area contributed by atoms with Crippen molar-refractivity contribution in [3.8, 4) is 11.1 Å². The van der Waals surface area contributed by atoms with Gasteiger partial charge in [0.15, 0.2) is 0 Å². The van der Waals surface area contributed by atoms with Crippen molar-refractivity contribution in [1.29, 1.82) is 0 Å². The molecule has 2 amide bonds. The maximum atomic E-state index is 13.2. The van der Waals surface area contributed by atoms with E-state index >= 15 is 0 Å². The first kappa shape index (κ1) is 29.2. The quantitative estimate of drug-likeness (QED) is 0.205. The topological polar surface area (TPSA) is 76.5 Å². The number of halogens is 4. The molecule has 1 fully saturated rings. The third-order valence-corrected chi connectivity index (χ3v) is 7.56. The van der Waals surface area contributed by atoms with Gasteiger partial charge in [0.05, 0.1) is 12.1 Å². The average molecular weight is 583 g/mol. The monoisotopic (exact) mass is 582 g/mol. The van der Waals surface area contributed by atoms with Gasteiger partial charge in [0.25, 0.3) is 11.8 Å². The molecule has 3 aromatic carbocycles.